The highest BCUT2D eigenvalue weighted by atomic mass is 16.5. The average molecular weight is 322 g/mol. The number of carboxylic acids is 1. The van der Waals surface area contributed by atoms with Crippen LogP contribution in [0, 0.1) is 0 Å². The lowest BCUT2D eigenvalue weighted by Crippen LogP contribution is -2.40. The molecule has 1 unspecified atom stereocenters. The number of hydrogen-bond donors (Lipinski definition) is 3. The van der Waals surface area contributed by atoms with E-state index in [2.05, 4.69) is 10.6 Å². The van der Waals surface area contributed by atoms with E-state index in [1.54, 1.807) is 24.3 Å². The van der Waals surface area contributed by atoms with Crippen molar-refractivity contribution in [2.45, 2.75) is 32.4 Å². The van der Waals surface area contributed by atoms with Crippen molar-refractivity contribution in [2.75, 3.05) is 13.7 Å². The maximum Gasteiger partial charge on any atom is 0.326 e. The largest absolute Gasteiger partial charge is 0.480 e. The van der Waals surface area contributed by atoms with Gasteiger partial charge in [-0.2, -0.15) is 0 Å². The zero-order valence-electron chi connectivity index (χ0n) is 13.3. The minimum atomic E-state index is -1.04. The Bertz CT molecular complexity index is 542. The quantitative estimate of drug-likeness (QED) is 0.627. The topological polar surface area (TPSA) is 105 Å². The van der Waals surface area contributed by atoms with Gasteiger partial charge >= 0.3 is 5.97 Å². The molecule has 1 atom stereocenters. The molecular formula is C16H22N2O5. The van der Waals surface area contributed by atoms with Crippen molar-refractivity contribution in [1.29, 1.82) is 0 Å². The summed E-state index contributed by atoms with van der Waals surface area (Å²) in [7, 11) is 1.44. The third kappa shape index (κ3) is 6.48. The van der Waals surface area contributed by atoms with Crippen molar-refractivity contribution in [3.05, 3.63) is 35.4 Å². The van der Waals surface area contributed by atoms with Gasteiger partial charge in [-0.25, -0.2) is 4.79 Å². The normalized spacial score (nSPS) is 11.6. The van der Waals surface area contributed by atoms with Crippen molar-refractivity contribution in [3.8, 4) is 0 Å². The Morgan fingerprint density at radius 2 is 1.87 bits per heavy atom. The van der Waals surface area contributed by atoms with Gasteiger partial charge in [-0.15, -0.1) is 0 Å². The van der Waals surface area contributed by atoms with Gasteiger partial charge in [0, 0.05) is 19.2 Å². The SMILES string of the molecule is CCCC(NC(=O)c1ccc(CNC(=O)COC)cc1)C(=O)O. The average Bonchev–Trinajstić information content (AvgIpc) is 2.53. The van der Waals surface area contributed by atoms with Crippen molar-refractivity contribution in [3.63, 3.8) is 0 Å². The number of nitrogens with one attached hydrogen (secondary N) is 2. The molecule has 2 amide bonds. The number of carboxylic acid groups (broad SMARTS) is 1. The maximum absolute atomic E-state index is 12.0. The Balaban J connectivity index is 2.59. The molecule has 0 fully saturated rings. The van der Waals surface area contributed by atoms with Gasteiger partial charge < -0.3 is 20.5 Å². The van der Waals surface area contributed by atoms with Gasteiger partial charge in [0.05, 0.1) is 0 Å². The van der Waals surface area contributed by atoms with Gasteiger partial charge in [-0.1, -0.05) is 25.5 Å². The number of methoxy groups -OCH3 is 1. The molecule has 0 bridgehead atoms. The highest BCUT2D eigenvalue weighted by Crippen LogP contribution is 2.06. The van der Waals surface area contributed by atoms with Gasteiger partial charge in [0.1, 0.15) is 12.6 Å². The van der Waals surface area contributed by atoms with E-state index < -0.39 is 17.9 Å². The number of carbonyl (C=O) groups excluding carboxylic acids is 2. The Morgan fingerprint density at radius 1 is 1.22 bits per heavy atom. The second-order valence-electron chi connectivity index (χ2n) is 5.06. The number of rotatable bonds is 9. The molecule has 0 aliphatic heterocycles. The Hall–Kier alpha value is -2.41. The minimum absolute atomic E-state index is 0.00546. The number of carbonyl (C=O) groups is 3. The van der Waals surface area contributed by atoms with Crippen LogP contribution in [0.15, 0.2) is 24.3 Å². The first kappa shape index (κ1) is 18.6. The van der Waals surface area contributed by atoms with Crippen LogP contribution in [0.5, 0.6) is 0 Å². The fourth-order valence-corrected chi connectivity index (χ4v) is 1.94. The summed E-state index contributed by atoms with van der Waals surface area (Å²) >= 11 is 0. The van der Waals surface area contributed by atoms with Crippen molar-refractivity contribution < 1.29 is 24.2 Å². The first-order valence-corrected chi connectivity index (χ1v) is 7.36. The zero-order valence-corrected chi connectivity index (χ0v) is 13.3. The highest BCUT2D eigenvalue weighted by Gasteiger charge is 2.19. The van der Waals surface area contributed by atoms with Crippen LogP contribution >= 0.6 is 0 Å². The molecule has 1 rings (SSSR count). The van der Waals surface area contributed by atoms with E-state index in [0.717, 1.165) is 5.56 Å². The molecule has 0 radical (unpaired) electrons. The van der Waals surface area contributed by atoms with E-state index >= 15 is 0 Å². The number of hydrogen-bond acceptors (Lipinski definition) is 4. The molecule has 23 heavy (non-hydrogen) atoms. The van der Waals surface area contributed by atoms with Gasteiger partial charge in [0.25, 0.3) is 5.91 Å². The van der Waals surface area contributed by atoms with E-state index in [9.17, 15) is 14.4 Å². The molecule has 7 nitrogen and oxygen atoms in total. The molecule has 126 valence electrons. The number of amides is 2. The molecule has 1 aromatic carbocycles. The maximum atomic E-state index is 12.0. The summed E-state index contributed by atoms with van der Waals surface area (Å²) < 4.78 is 4.71. The molecule has 0 saturated heterocycles. The molecule has 0 aliphatic rings. The van der Waals surface area contributed by atoms with Crippen molar-refractivity contribution in [1.82, 2.24) is 10.6 Å². The highest BCUT2D eigenvalue weighted by molar-refractivity contribution is 5.96. The summed E-state index contributed by atoms with van der Waals surface area (Å²) in [6.07, 6.45) is 1.04. The van der Waals surface area contributed by atoms with Gasteiger partial charge in [-0.05, 0) is 24.1 Å². The van der Waals surface area contributed by atoms with Gasteiger partial charge in [0.15, 0.2) is 0 Å². The van der Waals surface area contributed by atoms with E-state index in [1.165, 1.54) is 7.11 Å². The fraction of sp³-hybridized carbons (Fsp3) is 0.438. The molecule has 0 heterocycles. The number of aliphatic carboxylic acids is 1. The van der Waals surface area contributed by atoms with E-state index in [1.807, 2.05) is 6.92 Å². The van der Waals surface area contributed by atoms with Crippen LogP contribution in [0.3, 0.4) is 0 Å². The molecule has 0 aromatic heterocycles. The van der Waals surface area contributed by atoms with Crippen LogP contribution in [0.1, 0.15) is 35.7 Å². The summed E-state index contributed by atoms with van der Waals surface area (Å²) in [5.74, 6) is -1.70. The summed E-state index contributed by atoms with van der Waals surface area (Å²) in [4.78, 5) is 34.4. The van der Waals surface area contributed by atoms with Crippen LogP contribution in [0.25, 0.3) is 0 Å². The molecule has 1 aromatic rings. The van der Waals surface area contributed by atoms with Crippen LogP contribution in [-0.2, 0) is 20.9 Å². The molecular weight excluding hydrogens is 300 g/mol. The first-order chi connectivity index (χ1) is 11.0. The predicted octanol–water partition coefficient (Wildman–Crippen LogP) is 0.932. The second-order valence-corrected chi connectivity index (χ2v) is 5.06. The first-order valence-electron chi connectivity index (χ1n) is 7.36. The predicted molar refractivity (Wildman–Crippen MR) is 84.0 cm³/mol. The fourth-order valence-electron chi connectivity index (χ4n) is 1.94. The Kier molecular flexibility index (Phi) is 7.76. The summed E-state index contributed by atoms with van der Waals surface area (Å²) in [5.41, 5.74) is 1.20. The third-order valence-corrected chi connectivity index (χ3v) is 3.16. The minimum Gasteiger partial charge on any atom is -0.480 e. The molecule has 0 saturated carbocycles. The zero-order chi connectivity index (χ0) is 17.2. The molecule has 3 N–H and O–H groups in total. The van der Waals surface area contributed by atoms with Crippen LogP contribution in [0.2, 0.25) is 0 Å². The smallest absolute Gasteiger partial charge is 0.326 e. The van der Waals surface area contributed by atoms with E-state index in [4.69, 9.17) is 9.84 Å². The van der Waals surface area contributed by atoms with E-state index in [0.29, 0.717) is 24.9 Å². The summed E-state index contributed by atoms with van der Waals surface area (Å²) in [6.45, 7) is 2.18. The summed E-state index contributed by atoms with van der Waals surface area (Å²) in [6, 6.07) is 5.71. The summed E-state index contributed by atoms with van der Waals surface area (Å²) in [5, 5.41) is 14.2. The lowest BCUT2D eigenvalue weighted by atomic mass is 10.1. The standard InChI is InChI=1S/C16H22N2O5/c1-3-4-13(16(21)22)18-15(20)12-7-5-11(6-8-12)9-17-14(19)10-23-2/h5-8,13H,3-4,9-10H2,1-2H3,(H,17,19)(H,18,20)(H,21,22). The lowest BCUT2D eigenvalue weighted by molar-refractivity contribution is -0.139. The van der Waals surface area contributed by atoms with Crippen LogP contribution in [-0.4, -0.2) is 42.6 Å². The Labute approximate surface area is 135 Å². The number of benzene rings is 1. The molecule has 0 aliphatic carbocycles. The van der Waals surface area contributed by atoms with Crippen LogP contribution in [0.4, 0.5) is 0 Å². The molecule has 7 heteroatoms. The Morgan fingerprint density at radius 3 is 2.39 bits per heavy atom. The van der Waals surface area contributed by atoms with Gasteiger partial charge in [0.2, 0.25) is 5.91 Å². The van der Waals surface area contributed by atoms with Crippen LogP contribution < -0.4 is 10.6 Å². The number of ether oxygens (including phenoxy) is 1. The van der Waals surface area contributed by atoms with Gasteiger partial charge in [-0.3, -0.25) is 9.59 Å². The van der Waals surface area contributed by atoms with Crippen molar-refractivity contribution in [2.24, 2.45) is 0 Å². The lowest BCUT2D eigenvalue weighted by Gasteiger charge is -2.13. The second kappa shape index (κ2) is 9.58. The monoisotopic (exact) mass is 322 g/mol. The molecule has 0 spiro atoms. The third-order valence-electron chi connectivity index (χ3n) is 3.16. The van der Waals surface area contributed by atoms with Crippen molar-refractivity contribution >= 4 is 17.8 Å². The van der Waals surface area contributed by atoms with E-state index in [-0.39, 0.29) is 12.5 Å².